The van der Waals surface area contributed by atoms with E-state index in [4.69, 9.17) is 10.7 Å². The summed E-state index contributed by atoms with van der Waals surface area (Å²) in [4.78, 5) is 10.0. The minimum atomic E-state index is 0.437. The van der Waals surface area contributed by atoms with Crippen LogP contribution in [0.15, 0.2) is 48.7 Å². The molecule has 0 radical (unpaired) electrons. The van der Waals surface area contributed by atoms with Gasteiger partial charge in [0.25, 0.3) is 0 Å². The fourth-order valence-corrected chi connectivity index (χ4v) is 4.88. The Hall–Kier alpha value is -1.95. The molecule has 1 fully saturated rings. The van der Waals surface area contributed by atoms with Crippen molar-refractivity contribution in [2.45, 2.75) is 44.2 Å². The van der Waals surface area contributed by atoms with Crippen LogP contribution in [0.5, 0.6) is 0 Å². The highest BCUT2D eigenvalue weighted by molar-refractivity contribution is 5.46. The fraction of sp³-hybridized carbons (Fsp3) is 0.542. The molecule has 1 aliphatic carbocycles. The van der Waals surface area contributed by atoms with Crippen molar-refractivity contribution in [3.63, 3.8) is 0 Å². The summed E-state index contributed by atoms with van der Waals surface area (Å²) in [5.74, 6) is 0. The third-order valence-electron chi connectivity index (χ3n) is 6.34. The van der Waals surface area contributed by atoms with Gasteiger partial charge in [-0.3, -0.25) is 9.88 Å². The Morgan fingerprint density at radius 2 is 2.03 bits per heavy atom. The number of para-hydroxylation sites is 1. The van der Waals surface area contributed by atoms with Crippen LogP contribution in [0.1, 0.15) is 43.0 Å². The number of aromatic nitrogens is 1. The number of nitrogens with one attached hydrogen (secondary N) is 1. The average molecular weight is 394 g/mol. The van der Waals surface area contributed by atoms with Crippen molar-refractivity contribution in [2.75, 3.05) is 44.2 Å². The van der Waals surface area contributed by atoms with E-state index >= 15 is 0 Å². The van der Waals surface area contributed by atoms with Gasteiger partial charge in [-0.1, -0.05) is 24.3 Å². The van der Waals surface area contributed by atoms with Crippen LogP contribution in [0.4, 0.5) is 5.69 Å². The van der Waals surface area contributed by atoms with Gasteiger partial charge < -0.3 is 16.0 Å². The molecule has 1 aromatic heterocycles. The van der Waals surface area contributed by atoms with Crippen LogP contribution in [-0.4, -0.2) is 55.2 Å². The molecule has 5 heteroatoms. The Kier molecular flexibility index (Phi) is 7.14. The van der Waals surface area contributed by atoms with E-state index < -0.39 is 0 Å². The van der Waals surface area contributed by atoms with Gasteiger partial charge in [0.05, 0.1) is 11.7 Å². The molecule has 0 bridgehead atoms. The summed E-state index contributed by atoms with van der Waals surface area (Å²) in [5, 5.41) is 3.77. The number of pyridine rings is 1. The monoisotopic (exact) mass is 393 g/mol. The largest absolute Gasteiger partial charge is 0.369 e. The predicted octanol–water partition coefficient (Wildman–Crippen LogP) is 2.98. The van der Waals surface area contributed by atoms with Gasteiger partial charge in [0.2, 0.25) is 0 Å². The van der Waals surface area contributed by atoms with Crippen molar-refractivity contribution in [1.82, 2.24) is 15.2 Å². The predicted molar refractivity (Wildman–Crippen MR) is 120 cm³/mol. The van der Waals surface area contributed by atoms with E-state index in [1.807, 2.05) is 6.20 Å². The van der Waals surface area contributed by atoms with Crippen LogP contribution < -0.4 is 16.0 Å². The molecular weight excluding hydrogens is 358 g/mol. The maximum absolute atomic E-state index is 5.79. The van der Waals surface area contributed by atoms with E-state index in [1.165, 1.54) is 36.2 Å². The number of rotatable bonds is 8. The number of fused-ring (bicyclic) bond motifs is 1. The van der Waals surface area contributed by atoms with Crippen molar-refractivity contribution in [3.05, 3.63) is 59.9 Å². The summed E-state index contributed by atoms with van der Waals surface area (Å²) in [6.07, 6.45) is 7.84. The first-order valence-corrected chi connectivity index (χ1v) is 11.3. The van der Waals surface area contributed by atoms with Crippen LogP contribution in [0.25, 0.3) is 0 Å². The first-order valence-electron chi connectivity index (χ1n) is 11.3. The third-order valence-corrected chi connectivity index (χ3v) is 6.34. The van der Waals surface area contributed by atoms with Crippen molar-refractivity contribution in [2.24, 2.45) is 5.73 Å². The van der Waals surface area contributed by atoms with Gasteiger partial charge in [0, 0.05) is 44.1 Å². The van der Waals surface area contributed by atoms with Gasteiger partial charge in [0.1, 0.15) is 0 Å². The summed E-state index contributed by atoms with van der Waals surface area (Å²) in [7, 11) is 0. The number of benzene rings is 1. The summed E-state index contributed by atoms with van der Waals surface area (Å²) in [6, 6.07) is 16.1. The Bertz CT molecular complexity index is 750. The van der Waals surface area contributed by atoms with Gasteiger partial charge >= 0.3 is 0 Å². The molecule has 2 heterocycles. The molecule has 0 unspecified atom stereocenters. The lowest BCUT2D eigenvalue weighted by Crippen LogP contribution is -2.55. The highest BCUT2D eigenvalue weighted by Crippen LogP contribution is 2.33. The third kappa shape index (κ3) is 5.16. The van der Waals surface area contributed by atoms with Gasteiger partial charge in [-0.05, 0) is 69.0 Å². The Balaban J connectivity index is 1.47. The van der Waals surface area contributed by atoms with Crippen LogP contribution in [0.3, 0.4) is 0 Å². The van der Waals surface area contributed by atoms with Gasteiger partial charge in [0.15, 0.2) is 0 Å². The van der Waals surface area contributed by atoms with Gasteiger partial charge in [-0.25, -0.2) is 0 Å². The molecule has 156 valence electrons. The SMILES string of the molecule is NCCCCN(C[C@H]1CN(c2ccccc2)CCN1)[C@H]1CCCc2cccnc21. The molecule has 0 saturated carbocycles. The maximum atomic E-state index is 5.79. The summed E-state index contributed by atoms with van der Waals surface area (Å²) in [5.41, 5.74) is 9.87. The lowest BCUT2D eigenvalue weighted by molar-refractivity contribution is 0.151. The minimum Gasteiger partial charge on any atom is -0.369 e. The fourth-order valence-electron chi connectivity index (χ4n) is 4.88. The smallest absolute Gasteiger partial charge is 0.0607 e. The second-order valence-electron chi connectivity index (χ2n) is 8.38. The van der Waals surface area contributed by atoms with E-state index in [0.717, 1.165) is 52.1 Å². The zero-order valence-electron chi connectivity index (χ0n) is 17.5. The average Bonchev–Trinajstić information content (AvgIpc) is 2.79. The summed E-state index contributed by atoms with van der Waals surface area (Å²) in [6.45, 7) is 6.10. The second-order valence-corrected chi connectivity index (χ2v) is 8.38. The number of nitrogens with two attached hydrogens (primary N) is 1. The number of anilines is 1. The number of hydrogen-bond acceptors (Lipinski definition) is 5. The molecule has 0 amide bonds. The second kappa shape index (κ2) is 10.2. The van der Waals surface area contributed by atoms with Crippen molar-refractivity contribution >= 4 is 5.69 Å². The first kappa shape index (κ1) is 20.3. The molecule has 3 N–H and O–H groups in total. The molecule has 2 aliphatic rings. The normalized spacial score (nSPS) is 21.9. The van der Waals surface area contributed by atoms with Crippen LogP contribution in [0, 0.1) is 0 Å². The van der Waals surface area contributed by atoms with E-state index in [2.05, 4.69) is 57.6 Å². The molecule has 4 rings (SSSR count). The molecule has 29 heavy (non-hydrogen) atoms. The Morgan fingerprint density at radius 3 is 2.90 bits per heavy atom. The minimum absolute atomic E-state index is 0.437. The maximum Gasteiger partial charge on any atom is 0.0607 e. The lowest BCUT2D eigenvalue weighted by atomic mass is 9.90. The zero-order valence-corrected chi connectivity index (χ0v) is 17.5. The topological polar surface area (TPSA) is 57.4 Å². The number of hydrogen-bond donors (Lipinski definition) is 2. The van der Waals surface area contributed by atoms with E-state index in [1.54, 1.807) is 0 Å². The molecule has 1 aliphatic heterocycles. The standard InChI is InChI=1S/C24H35N5/c25-13-4-5-16-29(23-12-6-8-20-9-7-14-27-24(20)23)19-21-18-28(17-15-26-21)22-10-2-1-3-11-22/h1-3,7,9-11,14,21,23,26H,4-6,8,12-13,15-19,25H2/t21-,23+/m1/s1. The van der Waals surface area contributed by atoms with Crippen LogP contribution in [-0.2, 0) is 6.42 Å². The van der Waals surface area contributed by atoms with E-state index in [9.17, 15) is 0 Å². The van der Waals surface area contributed by atoms with E-state index in [-0.39, 0.29) is 0 Å². The molecule has 1 saturated heterocycles. The molecule has 2 aromatic rings. The van der Waals surface area contributed by atoms with Crippen molar-refractivity contribution in [1.29, 1.82) is 0 Å². The number of piperazine rings is 1. The Morgan fingerprint density at radius 1 is 1.14 bits per heavy atom. The number of aryl methyl sites for hydroxylation is 1. The highest BCUT2D eigenvalue weighted by atomic mass is 15.2. The van der Waals surface area contributed by atoms with Gasteiger partial charge in [-0.2, -0.15) is 0 Å². The van der Waals surface area contributed by atoms with Crippen LogP contribution >= 0.6 is 0 Å². The molecular formula is C24H35N5. The highest BCUT2D eigenvalue weighted by Gasteiger charge is 2.30. The molecule has 0 spiro atoms. The zero-order chi connectivity index (χ0) is 19.9. The first-order chi connectivity index (χ1) is 14.3. The number of nitrogens with zero attached hydrogens (tertiary/aromatic N) is 3. The Labute approximate surface area is 175 Å². The lowest BCUT2D eigenvalue weighted by Gasteiger charge is -2.41. The molecule has 1 aromatic carbocycles. The summed E-state index contributed by atoms with van der Waals surface area (Å²) >= 11 is 0. The van der Waals surface area contributed by atoms with Crippen molar-refractivity contribution < 1.29 is 0 Å². The van der Waals surface area contributed by atoms with Crippen LogP contribution in [0.2, 0.25) is 0 Å². The quantitative estimate of drug-likeness (QED) is 0.675. The molecule has 2 atom stereocenters. The van der Waals surface area contributed by atoms with E-state index in [0.29, 0.717) is 12.1 Å². The number of unbranched alkanes of at least 4 members (excludes halogenated alkanes) is 1. The van der Waals surface area contributed by atoms with Gasteiger partial charge in [-0.15, -0.1) is 0 Å². The molecule has 5 nitrogen and oxygen atoms in total. The summed E-state index contributed by atoms with van der Waals surface area (Å²) < 4.78 is 0. The van der Waals surface area contributed by atoms with Crippen molar-refractivity contribution in [3.8, 4) is 0 Å².